The van der Waals surface area contributed by atoms with Gasteiger partial charge in [-0.2, -0.15) is 0 Å². The van der Waals surface area contributed by atoms with E-state index in [2.05, 4.69) is 10.3 Å². The maximum atomic E-state index is 10.2. The van der Waals surface area contributed by atoms with Crippen molar-refractivity contribution in [3.8, 4) is 0 Å². The van der Waals surface area contributed by atoms with Gasteiger partial charge in [0.05, 0.1) is 18.3 Å². The molecule has 12 heavy (non-hydrogen) atoms. The molecule has 0 bridgehead atoms. The van der Waals surface area contributed by atoms with Crippen LogP contribution >= 0.6 is 0 Å². The van der Waals surface area contributed by atoms with Crippen LogP contribution in [0.2, 0.25) is 0 Å². The third-order valence-corrected chi connectivity index (χ3v) is 1.59. The Labute approximate surface area is 70.0 Å². The Morgan fingerprint density at radius 3 is 3.08 bits per heavy atom. The Kier molecular flexibility index (Phi) is 2.79. The summed E-state index contributed by atoms with van der Waals surface area (Å²) in [5.74, 6) is -0.793. The zero-order valence-electron chi connectivity index (χ0n) is 6.90. The third kappa shape index (κ3) is 2.05. The van der Waals surface area contributed by atoms with Gasteiger partial charge in [-0.05, 0) is 6.92 Å². The SMILES string of the molecule is CCn1nncc1CCC(=O)O. The van der Waals surface area contributed by atoms with Crippen molar-refractivity contribution in [3.05, 3.63) is 11.9 Å². The smallest absolute Gasteiger partial charge is 0.303 e. The maximum Gasteiger partial charge on any atom is 0.303 e. The lowest BCUT2D eigenvalue weighted by atomic mass is 10.2. The zero-order valence-corrected chi connectivity index (χ0v) is 6.90. The number of carboxylic acid groups (broad SMARTS) is 1. The molecule has 0 amide bonds. The van der Waals surface area contributed by atoms with Gasteiger partial charge in [0.2, 0.25) is 0 Å². The normalized spacial score (nSPS) is 10.1. The molecule has 66 valence electrons. The average Bonchev–Trinajstić information content (AvgIpc) is 2.47. The van der Waals surface area contributed by atoms with Gasteiger partial charge >= 0.3 is 5.97 Å². The lowest BCUT2D eigenvalue weighted by Gasteiger charge is -1.99. The molecular weight excluding hydrogens is 158 g/mol. The van der Waals surface area contributed by atoms with E-state index in [1.165, 1.54) is 0 Å². The second kappa shape index (κ2) is 3.85. The molecule has 0 fully saturated rings. The van der Waals surface area contributed by atoms with Gasteiger partial charge in [-0.15, -0.1) is 5.10 Å². The molecule has 0 spiro atoms. The molecule has 0 aliphatic carbocycles. The molecule has 0 aliphatic rings. The van der Waals surface area contributed by atoms with Crippen LogP contribution in [-0.2, 0) is 17.8 Å². The summed E-state index contributed by atoms with van der Waals surface area (Å²) in [7, 11) is 0. The number of aliphatic carboxylic acids is 1. The van der Waals surface area contributed by atoms with Crippen molar-refractivity contribution in [2.45, 2.75) is 26.3 Å². The molecule has 1 aromatic heterocycles. The van der Waals surface area contributed by atoms with Gasteiger partial charge in [-0.3, -0.25) is 4.79 Å². The summed E-state index contributed by atoms with van der Waals surface area (Å²) in [6.07, 6.45) is 2.23. The highest BCUT2D eigenvalue weighted by Gasteiger charge is 2.04. The van der Waals surface area contributed by atoms with Crippen LogP contribution in [0.3, 0.4) is 0 Å². The van der Waals surface area contributed by atoms with Crippen LogP contribution in [0.5, 0.6) is 0 Å². The van der Waals surface area contributed by atoms with E-state index in [-0.39, 0.29) is 6.42 Å². The van der Waals surface area contributed by atoms with Gasteiger partial charge in [0.15, 0.2) is 0 Å². The number of nitrogens with zero attached hydrogens (tertiary/aromatic N) is 3. The molecule has 0 atom stereocenters. The lowest BCUT2D eigenvalue weighted by molar-refractivity contribution is -0.136. The number of aryl methyl sites for hydroxylation is 2. The largest absolute Gasteiger partial charge is 0.481 e. The minimum Gasteiger partial charge on any atom is -0.481 e. The van der Waals surface area contributed by atoms with E-state index in [0.717, 1.165) is 12.2 Å². The van der Waals surface area contributed by atoms with E-state index in [9.17, 15) is 4.79 Å². The molecule has 1 heterocycles. The predicted molar refractivity (Wildman–Crippen MR) is 41.7 cm³/mol. The summed E-state index contributed by atoms with van der Waals surface area (Å²) in [4.78, 5) is 10.2. The fourth-order valence-electron chi connectivity index (χ4n) is 0.974. The van der Waals surface area contributed by atoms with Crippen molar-refractivity contribution < 1.29 is 9.90 Å². The minimum atomic E-state index is -0.793. The topological polar surface area (TPSA) is 68.0 Å². The molecule has 0 saturated carbocycles. The van der Waals surface area contributed by atoms with Crippen molar-refractivity contribution in [3.63, 3.8) is 0 Å². The number of hydrogen-bond donors (Lipinski definition) is 1. The molecule has 0 unspecified atom stereocenters. The molecule has 0 radical (unpaired) electrons. The van der Waals surface area contributed by atoms with Gasteiger partial charge in [0.25, 0.3) is 0 Å². The lowest BCUT2D eigenvalue weighted by Crippen LogP contribution is -2.05. The highest BCUT2D eigenvalue weighted by molar-refractivity contribution is 5.66. The van der Waals surface area contributed by atoms with E-state index >= 15 is 0 Å². The highest BCUT2D eigenvalue weighted by atomic mass is 16.4. The molecule has 1 rings (SSSR count). The first-order valence-electron chi connectivity index (χ1n) is 3.83. The van der Waals surface area contributed by atoms with Crippen molar-refractivity contribution >= 4 is 5.97 Å². The predicted octanol–water partition coefficient (Wildman–Crippen LogP) is 0.315. The first kappa shape index (κ1) is 8.70. The van der Waals surface area contributed by atoms with Gasteiger partial charge < -0.3 is 5.11 Å². The van der Waals surface area contributed by atoms with Gasteiger partial charge in [-0.1, -0.05) is 5.21 Å². The number of carbonyl (C=O) groups is 1. The zero-order chi connectivity index (χ0) is 8.97. The second-order valence-electron chi connectivity index (χ2n) is 2.43. The summed E-state index contributed by atoms with van der Waals surface area (Å²) in [5.41, 5.74) is 0.875. The Hall–Kier alpha value is -1.39. The standard InChI is InChI=1S/C7H11N3O2/c1-2-10-6(5-8-9-10)3-4-7(11)12/h5H,2-4H2,1H3,(H,11,12). The van der Waals surface area contributed by atoms with Crippen LogP contribution in [0, 0.1) is 0 Å². The quantitative estimate of drug-likeness (QED) is 0.704. The summed E-state index contributed by atoms with van der Waals surface area (Å²) in [6, 6.07) is 0. The molecule has 0 saturated heterocycles. The van der Waals surface area contributed by atoms with Crippen LogP contribution in [0.1, 0.15) is 19.0 Å². The summed E-state index contributed by atoms with van der Waals surface area (Å²) in [5, 5.41) is 15.9. The molecule has 0 aromatic carbocycles. The number of hydrogen-bond acceptors (Lipinski definition) is 3. The first-order chi connectivity index (χ1) is 5.74. The molecule has 5 nitrogen and oxygen atoms in total. The van der Waals surface area contributed by atoms with E-state index in [1.54, 1.807) is 10.9 Å². The van der Waals surface area contributed by atoms with Crippen LogP contribution in [0.25, 0.3) is 0 Å². The second-order valence-corrected chi connectivity index (χ2v) is 2.43. The van der Waals surface area contributed by atoms with Gasteiger partial charge in [0, 0.05) is 13.0 Å². The summed E-state index contributed by atoms with van der Waals surface area (Å²) >= 11 is 0. The van der Waals surface area contributed by atoms with E-state index < -0.39 is 5.97 Å². The van der Waals surface area contributed by atoms with E-state index in [4.69, 9.17) is 5.11 Å². The summed E-state index contributed by atoms with van der Waals surface area (Å²) in [6.45, 7) is 2.67. The Morgan fingerprint density at radius 1 is 1.75 bits per heavy atom. The number of rotatable bonds is 4. The molecular formula is C7H11N3O2. The van der Waals surface area contributed by atoms with Crippen LogP contribution in [-0.4, -0.2) is 26.1 Å². The Balaban J connectivity index is 2.56. The van der Waals surface area contributed by atoms with Gasteiger partial charge in [0.1, 0.15) is 0 Å². The van der Waals surface area contributed by atoms with Gasteiger partial charge in [-0.25, -0.2) is 4.68 Å². The minimum absolute atomic E-state index is 0.132. The average molecular weight is 169 g/mol. The molecule has 1 aromatic rings. The van der Waals surface area contributed by atoms with Crippen molar-refractivity contribution in [2.75, 3.05) is 0 Å². The monoisotopic (exact) mass is 169 g/mol. The fourth-order valence-corrected chi connectivity index (χ4v) is 0.974. The molecule has 5 heteroatoms. The molecule has 0 aliphatic heterocycles. The summed E-state index contributed by atoms with van der Waals surface area (Å²) < 4.78 is 1.70. The van der Waals surface area contributed by atoms with Crippen molar-refractivity contribution in [2.24, 2.45) is 0 Å². The highest BCUT2D eigenvalue weighted by Crippen LogP contribution is 2.00. The molecule has 1 N–H and O–H groups in total. The fraction of sp³-hybridized carbons (Fsp3) is 0.571. The third-order valence-electron chi connectivity index (χ3n) is 1.59. The van der Waals surface area contributed by atoms with E-state index in [0.29, 0.717) is 6.42 Å². The van der Waals surface area contributed by atoms with Crippen molar-refractivity contribution in [1.82, 2.24) is 15.0 Å². The van der Waals surface area contributed by atoms with Crippen LogP contribution in [0.4, 0.5) is 0 Å². The number of aromatic nitrogens is 3. The van der Waals surface area contributed by atoms with Crippen molar-refractivity contribution in [1.29, 1.82) is 0 Å². The van der Waals surface area contributed by atoms with Crippen LogP contribution < -0.4 is 0 Å². The maximum absolute atomic E-state index is 10.2. The first-order valence-corrected chi connectivity index (χ1v) is 3.83. The van der Waals surface area contributed by atoms with Crippen LogP contribution in [0.15, 0.2) is 6.20 Å². The Morgan fingerprint density at radius 2 is 2.50 bits per heavy atom. The van der Waals surface area contributed by atoms with E-state index in [1.807, 2.05) is 6.92 Å². The number of carboxylic acids is 1. The Bertz CT molecular complexity index is 269.